The number of hydrogen-bond donors (Lipinski definition) is 0. The van der Waals surface area contributed by atoms with E-state index < -0.39 is 0 Å². The monoisotopic (exact) mass is 342 g/mol. The zero-order chi connectivity index (χ0) is 18.2. The Kier molecular flexibility index (Phi) is 6.83. The third-order valence-electron chi connectivity index (χ3n) is 3.92. The SMILES string of the molecule is COc1cc(OC)cc(C(=O)N(CCN(C)C)Cc2ccccc2)c1. The van der Waals surface area contributed by atoms with Crippen molar-refractivity contribution in [2.45, 2.75) is 6.54 Å². The summed E-state index contributed by atoms with van der Waals surface area (Å²) >= 11 is 0. The molecule has 0 saturated heterocycles. The van der Waals surface area contributed by atoms with Crippen LogP contribution in [0, 0.1) is 0 Å². The predicted octanol–water partition coefficient (Wildman–Crippen LogP) is 2.91. The fourth-order valence-electron chi connectivity index (χ4n) is 2.49. The summed E-state index contributed by atoms with van der Waals surface area (Å²) in [5, 5.41) is 0. The number of methoxy groups -OCH3 is 2. The summed E-state index contributed by atoms with van der Waals surface area (Å²) in [5.74, 6) is 1.17. The van der Waals surface area contributed by atoms with E-state index in [2.05, 4.69) is 4.90 Å². The van der Waals surface area contributed by atoms with E-state index in [4.69, 9.17) is 9.47 Å². The van der Waals surface area contributed by atoms with Crippen molar-refractivity contribution in [3.05, 3.63) is 59.7 Å². The molecular formula is C20H26N2O3. The molecule has 0 spiro atoms. The number of amides is 1. The van der Waals surface area contributed by atoms with E-state index in [1.165, 1.54) is 0 Å². The number of ether oxygens (including phenoxy) is 2. The molecule has 0 aliphatic heterocycles. The van der Waals surface area contributed by atoms with Gasteiger partial charge in [0, 0.05) is 31.3 Å². The number of carbonyl (C=O) groups is 1. The van der Waals surface area contributed by atoms with Crippen molar-refractivity contribution in [3.8, 4) is 11.5 Å². The van der Waals surface area contributed by atoms with Crippen LogP contribution in [-0.4, -0.2) is 57.1 Å². The summed E-state index contributed by atoms with van der Waals surface area (Å²) in [7, 11) is 7.16. The summed E-state index contributed by atoms with van der Waals surface area (Å²) in [5.41, 5.74) is 1.66. The van der Waals surface area contributed by atoms with Gasteiger partial charge >= 0.3 is 0 Å². The Hall–Kier alpha value is -2.53. The topological polar surface area (TPSA) is 42.0 Å². The van der Waals surface area contributed by atoms with Crippen molar-refractivity contribution >= 4 is 5.91 Å². The van der Waals surface area contributed by atoms with Crippen LogP contribution >= 0.6 is 0 Å². The van der Waals surface area contributed by atoms with Crippen LogP contribution in [0.4, 0.5) is 0 Å². The Balaban J connectivity index is 2.27. The van der Waals surface area contributed by atoms with Gasteiger partial charge in [0.1, 0.15) is 11.5 Å². The fourth-order valence-corrected chi connectivity index (χ4v) is 2.49. The van der Waals surface area contributed by atoms with Gasteiger partial charge in [-0.05, 0) is 31.8 Å². The number of nitrogens with zero attached hydrogens (tertiary/aromatic N) is 2. The van der Waals surface area contributed by atoms with Gasteiger partial charge in [-0.15, -0.1) is 0 Å². The molecule has 0 heterocycles. The molecule has 5 heteroatoms. The Morgan fingerprint density at radius 2 is 1.52 bits per heavy atom. The van der Waals surface area contributed by atoms with Crippen LogP contribution in [0.25, 0.3) is 0 Å². The van der Waals surface area contributed by atoms with Crippen molar-refractivity contribution < 1.29 is 14.3 Å². The highest BCUT2D eigenvalue weighted by atomic mass is 16.5. The quantitative estimate of drug-likeness (QED) is 0.740. The highest BCUT2D eigenvalue weighted by molar-refractivity contribution is 5.95. The molecule has 0 bridgehead atoms. The van der Waals surface area contributed by atoms with E-state index in [0.29, 0.717) is 30.2 Å². The highest BCUT2D eigenvalue weighted by Gasteiger charge is 2.18. The molecule has 0 N–H and O–H groups in total. The summed E-state index contributed by atoms with van der Waals surface area (Å²) in [6, 6.07) is 15.3. The normalized spacial score (nSPS) is 10.6. The molecule has 0 unspecified atom stereocenters. The van der Waals surface area contributed by atoms with Gasteiger partial charge in [-0.1, -0.05) is 30.3 Å². The number of carbonyl (C=O) groups excluding carboxylic acids is 1. The van der Waals surface area contributed by atoms with Crippen LogP contribution in [0.15, 0.2) is 48.5 Å². The molecular weight excluding hydrogens is 316 g/mol. The van der Waals surface area contributed by atoms with Crippen LogP contribution in [0.2, 0.25) is 0 Å². The molecule has 25 heavy (non-hydrogen) atoms. The van der Waals surface area contributed by atoms with Crippen LogP contribution in [0.3, 0.4) is 0 Å². The maximum absolute atomic E-state index is 13.1. The molecule has 0 aromatic heterocycles. The van der Waals surface area contributed by atoms with Crippen LogP contribution in [0.1, 0.15) is 15.9 Å². The summed E-state index contributed by atoms with van der Waals surface area (Å²) in [4.78, 5) is 17.0. The first-order valence-corrected chi connectivity index (χ1v) is 8.24. The van der Waals surface area contributed by atoms with Gasteiger partial charge in [0.2, 0.25) is 0 Å². The number of rotatable bonds is 8. The van der Waals surface area contributed by atoms with E-state index in [1.54, 1.807) is 32.4 Å². The first-order chi connectivity index (χ1) is 12.0. The maximum Gasteiger partial charge on any atom is 0.254 e. The summed E-state index contributed by atoms with van der Waals surface area (Å²) < 4.78 is 10.6. The van der Waals surface area contributed by atoms with Crippen LogP contribution in [0.5, 0.6) is 11.5 Å². The fraction of sp³-hybridized carbons (Fsp3) is 0.350. The number of hydrogen-bond acceptors (Lipinski definition) is 4. The van der Waals surface area contributed by atoms with Crippen molar-refractivity contribution in [2.24, 2.45) is 0 Å². The smallest absolute Gasteiger partial charge is 0.254 e. The zero-order valence-electron chi connectivity index (χ0n) is 15.4. The van der Waals surface area contributed by atoms with Gasteiger partial charge in [0.25, 0.3) is 5.91 Å². The third-order valence-corrected chi connectivity index (χ3v) is 3.92. The molecule has 2 aromatic rings. The van der Waals surface area contributed by atoms with Gasteiger partial charge < -0.3 is 19.3 Å². The lowest BCUT2D eigenvalue weighted by Gasteiger charge is -2.25. The molecule has 0 atom stereocenters. The molecule has 5 nitrogen and oxygen atoms in total. The van der Waals surface area contributed by atoms with E-state index in [1.807, 2.05) is 49.3 Å². The third kappa shape index (κ3) is 5.50. The standard InChI is InChI=1S/C20H26N2O3/c1-21(2)10-11-22(15-16-8-6-5-7-9-16)20(23)17-12-18(24-3)14-19(13-17)25-4/h5-9,12-14H,10-11,15H2,1-4H3. The Bertz CT molecular complexity index is 664. The summed E-state index contributed by atoms with van der Waals surface area (Å²) in [6.45, 7) is 1.99. The lowest BCUT2D eigenvalue weighted by atomic mass is 10.1. The average Bonchev–Trinajstić information content (AvgIpc) is 2.64. The highest BCUT2D eigenvalue weighted by Crippen LogP contribution is 2.24. The van der Waals surface area contributed by atoms with Gasteiger partial charge in [-0.3, -0.25) is 4.79 Å². The lowest BCUT2D eigenvalue weighted by molar-refractivity contribution is 0.0731. The second kappa shape index (κ2) is 9.08. The van der Waals surface area contributed by atoms with E-state index in [9.17, 15) is 4.79 Å². The second-order valence-electron chi connectivity index (χ2n) is 6.12. The van der Waals surface area contributed by atoms with Gasteiger partial charge in [-0.25, -0.2) is 0 Å². The molecule has 2 rings (SSSR count). The average molecular weight is 342 g/mol. The van der Waals surface area contributed by atoms with Crippen molar-refractivity contribution in [1.29, 1.82) is 0 Å². The molecule has 134 valence electrons. The largest absolute Gasteiger partial charge is 0.497 e. The summed E-state index contributed by atoms with van der Waals surface area (Å²) in [6.07, 6.45) is 0. The minimum absolute atomic E-state index is 0.0390. The first kappa shape index (κ1) is 18.8. The van der Waals surface area contributed by atoms with Crippen molar-refractivity contribution in [3.63, 3.8) is 0 Å². The molecule has 2 aromatic carbocycles. The molecule has 0 radical (unpaired) electrons. The van der Waals surface area contributed by atoms with Gasteiger partial charge in [0.15, 0.2) is 0 Å². The van der Waals surface area contributed by atoms with Gasteiger partial charge in [0.05, 0.1) is 14.2 Å². The lowest BCUT2D eigenvalue weighted by Crippen LogP contribution is -2.36. The maximum atomic E-state index is 13.1. The zero-order valence-corrected chi connectivity index (χ0v) is 15.4. The van der Waals surface area contributed by atoms with Gasteiger partial charge in [-0.2, -0.15) is 0 Å². The second-order valence-corrected chi connectivity index (χ2v) is 6.12. The van der Waals surface area contributed by atoms with Crippen LogP contribution in [-0.2, 0) is 6.54 Å². The molecule has 0 saturated carbocycles. The number of benzene rings is 2. The van der Waals surface area contributed by atoms with E-state index >= 15 is 0 Å². The van der Waals surface area contributed by atoms with Crippen molar-refractivity contribution in [2.75, 3.05) is 41.4 Å². The van der Waals surface area contributed by atoms with Crippen molar-refractivity contribution in [1.82, 2.24) is 9.80 Å². The molecule has 1 amide bonds. The molecule has 0 aliphatic carbocycles. The number of likely N-dealkylation sites (N-methyl/N-ethyl adjacent to an activating group) is 1. The Morgan fingerprint density at radius 1 is 0.920 bits per heavy atom. The molecule has 0 aliphatic rings. The Labute approximate surface area is 149 Å². The minimum atomic E-state index is -0.0390. The first-order valence-electron chi connectivity index (χ1n) is 8.24. The Morgan fingerprint density at radius 3 is 2.04 bits per heavy atom. The molecule has 0 fully saturated rings. The van der Waals surface area contributed by atoms with E-state index in [-0.39, 0.29) is 5.91 Å². The van der Waals surface area contributed by atoms with E-state index in [0.717, 1.165) is 12.1 Å². The van der Waals surface area contributed by atoms with Crippen LogP contribution < -0.4 is 9.47 Å². The predicted molar refractivity (Wildman–Crippen MR) is 99.3 cm³/mol. The minimum Gasteiger partial charge on any atom is -0.497 e.